The summed E-state index contributed by atoms with van der Waals surface area (Å²) in [4.78, 5) is 13.8. The second-order valence-corrected chi connectivity index (χ2v) is 9.89. The zero-order chi connectivity index (χ0) is 19.3. The SMILES string of the molecule is COc1cc([C@@H]2CC(=O)Nc3sc4c(c32)CC[C@@H](C(C)(C)C)C4)ccc1O. The molecule has 0 spiro atoms. The van der Waals surface area contributed by atoms with Crippen LogP contribution in [0.4, 0.5) is 5.00 Å². The summed E-state index contributed by atoms with van der Waals surface area (Å²) in [6.45, 7) is 6.97. The highest BCUT2D eigenvalue weighted by Crippen LogP contribution is 2.50. The molecule has 0 bridgehead atoms. The topological polar surface area (TPSA) is 58.6 Å². The van der Waals surface area contributed by atoms with Gasteiger partial charge in [0.05, 0.1) is 12.1 Å². The fourth-order valence-electron chi connectivity index (χ4n) is 4.47. The molecule has 1 aromatic carbocycles. The van der Waals surface area contributed by atoms with Crippen LogP contribution in [0, 0.1) is 11.3 Å². The van der Waals surface area contributed by atoms with Crippen LogP contribution in [0.2, 0.25) is 0 Å². The molecule has 5 heteroatoms. The summed E-state index contributed by atoms with van der Waals surface area (Å²) in [5.41, 5.74) is 4.05. The molecule has 0 radical (unpaired) electrons. The summed E-state index contributed by atoms with van der Waals surface area (Å²) in [6.07, 6.45) is 3.80. The maximum Gasteiger partial charge on any atom is 0.225 e. The van der Waals surface area contributed by atoms with Gasteiger partial charge in [-0.25, -0.2) is 0 Å². The summed E-state index contributed by atoms with van der Waals surface area (Å²) in [7, 11) is 1.55. The molecule has 2 aliphatic rings. The van der Waals surface area contributed by atoms with E-state index >= 15 is 0 Å². The molecule has 1 aromatic heterocycles. The van der Waals surface area contributed by atoms with Gasteiger partial charge in [0.1, 0.15) is 0 Å². The normalized spacial score (nSPS) is 22.0. The third kappa shape index (κ3) is 3.22. The number of hydrogen-bond acceptors (Lipinski definition) is 4. The van der Waals surface area contributed by atoms with Gasteiger partial charge in [0.2, 0.25) is 5.91 Å². The van der Waals surface area contributed by atoms with Crippen molar-refractivity contribution in [2.45, 2.75) is 52.4 Å². The van der Waals surface area contributed by atoms with Crippen LogP contribution in [0.1, 0.15) is 61.1 Å². The third-order valence-corrected chi connectivity index (χ3v) is 7.31. The number of amides is 1. The number of fused-ring (bicyclic) bond motifs is 3. The number of anilines is 1. The summed E-state index contributed by atoms with van der Waals surface area (Å²) in [5, 5.41) is 14.1. The van der Waals surface area contributed by atoms with Gasteiger partial charge in [0.15, 0.2) is 11.5 Å². The molecule has 2 heterocycles. The van der Waals surface area contributed by atoms with Crippen molar-refractivity contribution >= 4 is 22.2 Å². The van der Waals surface area contributed by atoms with Crippen LogP contribution < -0.4 is 10.1 Å². The van der Waals surface area contributed by atoms with E-state index in [0.29, 0.717) is 23.5 Å². The van der Waals surface area contributed by atoms with Crippen molar-refractivity contribution in [3.8, 4) is 11.5 Å². The van der Waals surface area contributed by atoms with E-state index < -0.39 is 0 Å². The van der Waals surface area contributed by atoms with E-state index in [2.05, 4.69) is 26.1 Å². The number of rotatable bonds is 2. The highest BCUT2D eigenvalue weighted by atomic mass is 32.1. The molecular weight excluding hydrogens is 358 g/mol. The Labute approximate surface area is 164 Å². The highest BCUT2D eigenvalue weighted by Gasteiger charge is 2.37. The van der Waals surface area contributed by atoms with E-state index in [-0.39, 0.29) is 17.6 Å². The fourth-order valence-corrected chi connectivity index (χ4v) is 5.88. The maximum absolute atomic E-state index is 12.4. The zero-order valence-corrected chi connectivity index (χ0v) is 17.2. The van der Waals surface area contributed by atoms with Crippen molar-refractivity contribution in [3.63, 3.8) is 0 Å². The number of ether oxygens (including phenoxy) is 1. The first-order chi connectivity index (χ1) is 12.8. The highest BCUT2D eigenvalue weighted by molar-refractivity contribution is 7.16. The van der Waals surface area contributed by atoms with Gasteiger partial charge < -0.3 is 15.2 Å². The average molecular weight is 386 g/mol. The van der Waals surface area contributed by atoms with Crippen molar-refractivity contribution < 1.29 is 14.6 Å². The first-order valence-corrected chi connectivity index (χ1v) is 10.4. The van der Waals surface area contributed by atoms with Gasteiger partial charge in [-0.2, -0.15) is 0 Å². The van der Waals surface area contributed by atoms with E-state index in [4.69, 9.17) is 4.74 Å². The van der Waals surface area contributed by atoms with Crippen molar-refractivity contribution in [3.05, 3.63) is 39.8 Å². The second-order valence-electron chi connectivity index (χ2n) is 8.79. The molecule has 0 unspecified atom stereocenters. The second kappa shape index (κ2) is 6.55. The number of carbonyl (C=O) groups is 1. The lowest BCUT2D eigenvalue weighted by atomic mass is 9.71. The van der Waals surface area contributed by atoms with Crippen molar-refractivity contribution in [1.29, 1.82) is 0 Å². The lowest BCUT2D eigenvalue weighted by molar-refractivity contribution is -0.116. The Morgan fingerprint density at radius 2 is 2.04 bits per heavy atom. The largest absolute Gasteiger partial charge is 0.504 e. The number of thiophene rings is 1. The quantitative estimate of drug-likeness (QED) is 0.757. The Bertz CT molecular complexity index is 894. The lowest BCUT2D eigenvalue weighted by Gasteiger charge is -2.34. The first-order valence-electron chi connectivity index (χ1n) is 9.59. The predicted molar refractivity (Wildman–Crippen MR) is 109 cm³/mol. The Morgan fingerprint density at radius 3 is 2.74 bits per heavy atom. The third-order valence-electron chi connectivity index (χ3n) is 6.13. The summed E-state index contributed by atoms with van der Waals surface area (Å²) in [6, 6.07) is 5.44. The predicted octanol–water partition coefficient (Wildman–Crippen LogP) is 5.09. The Kier molecular flexibility index (Phi) is 4.46. The Balaban J connectivity index is 1.77. The van der Waals surface area contributed by atoms with Crippen LogP contribution >= 0.6 is 11.3 Å². The molecule has 0 saturated heterocycles. The summed E-state index contributed by atoms with van der Waals surface area (Å²) in [5.74, 6) is 1.34. The number of phenols is 1. The van der Waals surface area contributed by atoms with E-state index in [1.807, 2.05) is 12.1 Å². The molecule has 2 N–H and O–H groups in total. The minimum atomic E-state index is 0.0226. The van der Waals surface area contributed by atoms with Crippen LogP contribution in [0.3, 0.4) is 0 Å². The standard InChI is InChI=1S/C22H27NO3S/c1-22(2,3)13-6-7-14-18(10-13)27-21-20(14)15(11-19(25)23-21)12-5-8-16(24)17(9-12)26-4/h5,8-9,13,15,24H,6-7,10-11H2,1-4H3,(H,23,25)/t13-,15+/m1/s1. The van der Waals surface area contributed by atoms with Crippen LogP contribution in [0.15, 0.2) is 18.2 Å². The van der Waals surface area contributed by atoms with E-state index in [1.54, 1.807) is 24.5 Å². The summed E-state index contributed by atoms with van der Waals surface area (Å²) < 4.78 is 5.29. The molecule has 2 aromatic rings. The Morgan fingerprint density at radius 1 is 1.26 bits per heavy atom. The molecule has 0 fully saturated rings. The molecule has 4 nitrogen and oxygen atoms in total. The van der Waals surface area contributed by atoms with E-state index in [9.17, 15) is 9.90 Å². The number of phenolic OH excluding ortho intramolecular Hbond substituents is 1. The van der Waals surface area contributed by atoms with Crippen LogP contribution in [0.5, 0.6) is 11.5 Å². The molecule has 144 valence electrons. The van der Waals surface area contributed by atoms with E-state index in [0.717, 1.165) is 23.4 Å². The molecule has 27 heavy (non-hydrogen) atoms. The molecule has 1 aliphatic heterocycles. The van der Waals surface area contributed by atoms with Gasteiger partial charge in [-0.3, -0.25) is 4.79 Å². The average Bonchev–Trinajstić information content (AvgIpc) is 2.97. The maximum atomic E-state index is 12.4. The van der Waals surface area contributed by atoms with E-state index in [1.165, 1.54) is 22.4 Å². The number of carbonyl (C=O) groups excluding carboxylic acids is 1. The van der Waals surface area contributed by atoms with Gasteiger partial charge in [0.25, 0.3) is 0 Å². The molecule has 4 rings (SSSR count). The van der Waals surface area contributed by atoms with Crippen molar-refractivity contribution in [2.24, 2.45) is 11.3 Å². The number of nitrogens with one attached hydrogen (secondary N) is 1. The Hall–Kier alpha value is -2.01. The van der Waals surface area contributed by atoms with Crippen LogP contribution in [-0.2, 0) is 17.6 Å². The monoisotopic (exact) mass is 385 g/mol. The minimum Gasteiger partial charge on any atom is -0.504 e. The van der Waals surface area contributed by atoms with Gasteiger partial charge in [-0.15, -0.1) is 11.3 Å². The molecule has 1 aliphatic carbocycles. The summed E-state index contributed by atoms with van der Waals surface area (Å²) >= 11 is 1.76. The molecular formula is C22H27NO3S. The van der Waals surface area contributed by atoms with Crippen LogP contribution in [0.25, 0.3) is 0 Å². The van der Waals surface area contributed by atoms with Crippen molar-refractivity contribution in [2.75, 3.05) is 12.4 Å². The number of methoxy groups -OCH3 is 1. The first kappa shape index (κ1) is 18.4. The number of aromatic hydroxyl groups is 1. The van der Waals surface area contributed by atoms with Gasteiger partial charge >= 0.3 is 0 Å². The molecule has 2 atom stereocenters. The fraction of sp³-hybridized carbons (Fsp3) is 0.500. The number of hydrogen-bond donors (Lipinski definition) is 2. The van der Waals surface area contributed by atoms with Crippen LogP contribution in [-0.4, -0.2) is 18.1 Å². The minimum absolute atomic E-state index is 0.0226. The van der Waals surface area contributed by atoms with Crippen molar-refractivity contribution in [1.82, 2.24) is 0 Å². The zero-order valence-electron chi connectivity index (χ0n) is 16.4. The molecule has 0 saturated carbocycles. The van der Waals surface area contributed by atoms with Gasteiger partial charge in [-0.05, 0) is 59.4 Å². The smallest absolute Gasteiger partial charge is 0.225 e. The van der Waals surface area contributed by atoms with Gasteiger partial charge in [0, 0.05) is 17.2 Å². The number of benzene rings is 1. The van der Waals surface area contributed by atoms with Gasteiger partial charge in [-0.1, -0.05) is 26.8 Å². The lowest BCUT2D eigenvalue weighted by Crippen LogP contribution is -2.27. The molecule has 1 amide bonds.